The van der Waals surface area contributed by atoms with Crippen LogP contribution in [0.15, 0.2) is 23.7 Å². The van der Waals surface area contributed by atoms with Crippen LogP contribution in [0, 0.1) is 13.8 Å². The summed E-state index contributed by atoms with van der Waals surface area (Å²) in [6.07, 6.45) is 0.270. The second kappa shape index (κ2) is 6.60. The standard InChI is InChI=1S/C17H19N3O3S/c1-10-8-12(23-14-6-7-20(3)17(14)22)4-5-13(10)19-16(21)15-11(2)18-9-24-15/h4-5,8-9,14H,6-7H2,1-3H3,(H,19,21)/t14-/m0/s1. The Morgan fingerprint density at radius 3 is 2.79 bits per heavy atom. The normalized spacial score (nSPS) is 17.2. The number of ether oxygens (including phenoxy) is 1. The predicted octanol–water partition coefficient (Wildman–Crippen LogP) is 2.62. The molecule has 2 amide bonds. The quantitative estimate of drug-likeness (QED) is 0.925. The number of rotatable bonds is 4. The van der Waals surface area contributed by atoms with E-state index < -0.39 is 6.10 Å². The number of carbonyl (C=O) groups excluding carboxylic acids is 2. The Morgan fingerprint density at radius 1 is 1.42 bits per heavy atom. The van der Waals surface area contributed by atoms with Crippen LogP contribution in [-0.4, -0.2) is 41.4 Å². The fourth-order valence-electron chi connectivity index (χ4n) is 2.61. The zero-order valence-corrected chi connectivity index (χ0v) is 14.6. The summed E-state index contributed by atoms with van der Waals surface area (Å²) in [6, 6.07) is 5.40. The van der Waals surface area contributed by atoms with Crippen molar-refractivity contribution in [1.82, 2.24) is 9.88 Å². The molecule has 2 aromatic rings. The molecule has 2 heterocycles. The van der Waals surface area contributed by atoms with Gasteiger partial charge >= 0.3 is 0 Å². The predicted molar refractivity (Wildman–Crippen MR) is 92.7 cm³/mol. The molecule has 1 saturated heterocycles. The largest absolute Gasteiger partial charge is 0.481 e. The van der Waals surface area contributed by atoms with E-state index in [9.17, 15) is 9.59 Å². The van der Waals surface area contributed by atoms with Gasteiger partial charge in [0.2, 0.25) is 0 Å². The van der Waals surface area contributed by atoms with Crippen LogP contribution >= 0.6 is 11.3 Å². The van der Waals surface area contributed by atoms with Gasteiger partial charge in [0.25, 0.3) is 11.8 Å². The van der Waals surface area contributed by atoms with Crippen molar-refractivity contribution < 1.29 is 14.3 Å². The van der Waals surface area contributed by atoms with Crippen LogP contribution in [-0.2, 0) is 4.79 Å². The third kappa shape index (κ3) is 3.26. The van der Waals surface area contributed by atoms with Gasteiger partial charge in [-0.2, -0.15) is 0 Å². The number of aromatic nitrogens is 1. The van der Waals surface area contributed by atoms with Crippen molar-refractivity contribution in [3.05, 3.63) is 39.8 Å². The van der Waals surface area contributed by atoms with E-state index in [1.165, 1.54) is 11.3 Å². The highest BCUT2D eigenvalue weighted by molar-refractivity contribution is 7.12. The average molecular weight is 345 g/mol. The summed E-state index contributed by atoms with van der Waals surface area (Å²) in [4.78, 5) is 30.5. The third-order valence-electron chi connectivity index (χ3n) is 4.05. The van der Waals surface area contributed by atoms with Gasteiger partial charge in [0.05, 0.1) is 11.2 Å². The zero-order chi connectivity index (χ0) is 17.3. The van der Waals surface area contributed by atoms with E-state index in [0.717, 1.165) is 16.9 Å². The summed E-state index contributed by atoms with van der Waals surface area (Å²) in [5, 5.41) is 2.89. The van der Waals surface area contributed by atoms with E-state index in [2.05, 4.69) is 10.3 Å². The van der Waals surface area contributed by atoms with E-state index in [0.29, 0.717) is 23.6 Å². The van der Waals surface area contributed by atoms with E-state index in [1.54, 1.807) is 29.6 Å². The Balaban J connectivity index is 1.70. The van der Waals surface area contributed by atoms with Crippen LogP contribution in [0.25, 0.3) is 0 Å². The molecule has 126 valence electrons. The van der Waals surface area contributed by atoms with Crippen molar-refractivity contribution in [2.45, 2.75) is 26.4 Å². The van der Waals surface area contributed by atoms with Gasteiger partial charge in [-0.3, -0.25) is 9.59 Å². The van der Waals surface area contributed by atoms with Gasteiger partial charge in [-0.1, -0.05) is 0 Å². The first kappa shape index (κ1) is 16.4. The van der Waals surface area contributed by atoms with Crippen molar-refractivity contribution in [3.63, 3.8) is 0 Å². The first-order chi connectivity index (χ1) is 11.5. The number of likely N-dealkylation sites (N-methyl/N-ethyl adjacent to an activating group) is 1. The fourth-order valence-corrected chi connectivity index (χ4v) is 3.31. The lowest BCUT2D eigenvalue weighted by molar-refractivity contribution is -0.132. The number of aryl methyl sites for hydroxylation is 2. The number of nitrogens with one attached hydrogen (secondary N) is 1. The van der Waals surface area contributed by atoms with Crippen LogP contribution < -0.4 is 10.1 Å². The maximum atomic E-state index is 12.3. The van der Waals surface area contributed by atoms with Crippen molar-refractivity contribution in [2.24, 2.45) is 0 Å². The van der Waals surface area contributed by atoms with E-state index in [4.69, 9.17) is 4.74 Å². The average Bonchev–Trinajstić information content (AvgIpc) is 3.10. The smallest absolute Gasteiger partial charge is 0.267 e. The summed E-state index contributed by atoms with van der Waals surface area (Å²) in [5.74, 6) is 0.471. The van der Waals surface area contributed by atoms with Gasteiger partial charge in [-0.25, -0.2) is 4.98 Å². The number of anilines is 1. The molecule has 1 aliphatic rings. The Morgan fingerprint density at radius 2 is 2.21 bits per heavy atom. The van der Waals surface area contributed by atoms with Crippen LogP contribution in [0.4, 0.5) is 5.69 Å². The summed E-state index contributed by atoms with van der Waals surface area (Å²) >= 11 is 1.32. The summed E-state index contributed by atoms with van der Waals surface area (Å²) in [5.41, 5.74) is 3.97. The first-order valence-corrected chi connectivity index (χ1v) is 8.57. The molecule has 0 aliphatic carbocycles. The summed E-state index contributed by atoms with van der Waals surface area (Å²) < 4.78 is 5.78. The molecule has 0 saturated carbocycles. The molecule has 0 radical (unpaired) electrons. The van der Waals surface area contributed by atoms with Gasteiger partial charge in [0.1, 0.15) is 10.6 Å². The molecule has 7 heteroatoms. The third-order valence-corrected chi connectivity index (χ3v) is 4.98. The van der Waals surface area contributed by atoms with Crippen LogP contribution in [0.2, 0.25) is 0 Å². The molecule has 24 heavy (non-hydrogen) atoms. The van der Waals surface area contributed by atoms with Gasteiger partial charge < -0.3 is 15.0 Å². The Bertz CT molecular complexity index is 787. The second-order valence-electron chi connectivity index (χ2n) is 5.85. The maximum Gasteiger partial charge on any atom is 0.267 e. The highest BCUT2D eigenvalue weighted by Gasteiger charge is 2.30. The lowest BCUT2D eigenvalue weighted by Gasteiger charge is -2.15. The zero-order valence-electron chi connectivity index (χ0n) is 13.8. The molecule has 1 N–H and O–H groups in total. The number of nitrogens with zero attached hydrogens (tertiary/aromatic N) is 2. The summed E-state index contributed by atoms with van der Waals surface area (Å²) in [6.45, 7) is 4.42. The number of likely N-dealkylation sites (tertiary alicyclic amines) is 1. The molecule has 1 aliphatic heterocycles. The fraction of sp³-hybridized carbons (Fsp3) is 0.353. The number of hydrogen-bond acceptors (Lipinski definition) is 5. The Hall–Kier alpha value is -2.41. The van der Waals surface area contributed by atoms with E-state index in [1.807, 2.05) is 19.9 Å². The van der Waals surface area contributed by atoms with Gasteiger partial charge in [0, 0.05) is 25.7 Å². The number of amides is 2. The number of benzene rings is 1. The molecule has 1 aromatic carbocycles. The molecule has 3 rings (SSSR count). The van der Waals surface area contributed by atoms with Crippen molar-refractivity contribution in [3.8, 4) is 5.75 Å². The molecule has 1 fully saturated rings. The number of carbonyl (C=O) groups is 2. The van der Waals surface area contributed by atoms with Crippen molar-refractivity contribution in [1.29, 1.82) is 0 Å². The van der Waals surface area contributed by atoms with Gasteiger partial charge in [-0.05, 0) is 37.6 Å². The number of thiazole rings is 1. The lowest BCUT2D eigenvalue weighted by atomic mass is 10.2. The van der Waals surface area contributed by atoms with Crippen LogP contribution in [0.1, 0.15) is 27.3 Å². The minimum Gasteiger partial charge on any atom is -0.481 e. The highest BCUT2D eigenvalue weighted by Crippen LogP contribution is 2.25. The monoisotopic (exact) mass is 345 g/mol. The van der Waals surface area contributed by atoms with E-state index in [-0.39, 0.29) is 11.8 Å². The molecule has 0 spiro atoms. The van der Waals surface area contributed by atoms with Gasteiger partial charge in [0.15, 0.2) is 6.10 Å². The topological polar surface area (TPSA) is 71.5 Å². The lowest BCUT2D eigenvalue weighted by Crippen LogP contribution is -2.29. The van der Waals surface area contributed by atoms with Crippen molar-refractivity contribution in [2.75, 3.05) is 18.9 Å². The van der Waals surface area contributed by atoms with Crippen molar-refractivity contribution >= 4 is 28.8 Å². The Labute approximate surface area is 144 Å². The molecular formula is C17H19N3O3S. The molecule has 1 atom stereocenters. The SMILES string of the molecule is Cc1cc(O[C@H]2CCN(C)C2=O)ccc1NC(=O)c1scnc1C. The summed E-state index contributed by atoms with van der Waals surface area (Å²) in [7, 11) is 1.77. The number of hydrogen-bond donors (Lipinski definition) is 1. The van der Waals surface area contributed by atoms with Crippen LogP contribution in [0.5, 0.6) is 5.75 Å². The molecule has 0 bridgehead atoms. The van der Waals surface area contributed by atoms with Gasteiger partial charge in [-0.15, -0.1) is 11.3 Å². The first-order valence-electron chi connectivity index (χ1n) is 7.69. The minimum absolute atomic E-state index is 0.00528. The Kier molecular flexibility index (Phi) is 4.53. The van der Waals surface area contributed by atoms with E-state index >= 15 is 0 Å². The molecular weight excluding hydrogens is 326 g/mol. The molecule has 1 aromatic heterocycles. The maximum absolute atomic E-state index is 12.3. The molecule has 6 nitrogen and oxygen atoms in total. The van der Waals surface area contributed by atoms with Crippen LogP contribution in [0.3, 0.4) is 0 Å². The molecule has 0 unspecified atom stereocenters. The minimum atomic E-state index is -0.422. The highest BCUT2D eigenvalue weighted by atomic mass is 32.1. The second-order valence-corrected chi connectivity index (χ2v) is 6.71.